The molecule has 1 amide bonds. The van der Waals surface area contributed by atoms with E-state index in [1.807, 2.05) is 6.92 Å². The molecule has 1 aliphatic carbocycles. The number of dihydropyridines is 1. The summed E-state index contributed by atoms with van der Waals surface area (Å²) < 4.78 is 16.5. The lowest BCUT2D eigenvalue weighted by Gasteiger charge is -2.34. The number of allylic oxidation sites excluding steroid dienone is 3. The SMILES string of the molecule is COc1cc([C@@H]2C(C(=O)Nc3ccccn3)=C(C)NC3=C2C(=O)CCC3)cc(OC)c1OC. The molecule has 0 saturated heterocycles. The quantitative estimate of drug-likeness (QED) is 0.694. The van der Waals surface area contributed by atoms with Crippen LogP contribution in [0.2, 0.25) is 0 Å². The second-order valence-electron chi connectivity index (χ2n) is 7.89. The van der Waals surface area contributed by atoms with E-state index in [0.29, 0.717) is 51.9 Å². The molecular weight excluding hydrogens is 422 g/mol. The van der Waals surface area contributed by atoms with Crippen LogP contribution in [0.15, 0.2) is 59.1 Å². The number of carbonyl (C=O) groups excluding carboxylic acids is 2. The number of ether oxygens (including phenoxy) is 3. The number of anilines is 1. The van der Waals surface area contributed by atoms with Crippen LogP contribution in [0.4, 0.5) is 5.82 Å². The average molecular weight is 450 g/mol. The van der Waals surface area contributed by atoms with Gasteiger partial charge in [0.2, 0.25) is 5.75 Å². The van der Waals surface area contributed by atoms with Crippen molar-refractivity contribution in [3.8, 4) is 17.2 Å². The standard InChI is InChI=1S/C25H27N3O5/c1-14-21(25(30)28-20-10-5-6-11-26-20)22(23-16(27-14)8-7-9-17(23)29)15-12-18(31-2)24(33-4)19(13-15)32-3/h5-6,10-13,22,27H,7-9H2,1-4H3,(H,26,28,30)/t22-/m1/s1. The number of pyridine rings is 1. The molecule has 172 valence electrons. The summed E-state index contributed by atoms with van der Waals surface area (Å²) in [5.74, 6) is 0.895. The Bertz CT molecular complexity index is 1130. The highest BCUT2D eigenvalue weighted by Crippen LogP contribution is 2.47. The second-order valence-corrected chi connectivity index (χ2v) is 7.89. The van der Waals surface area contributed by atoms with Gasteiger partial charge in [-0.05, 0) is 49.6 Å². The first-order chi connectivity index (χ1) is 16.0. The molecule has 2 aromatic rings. The first-order valence-electron chi connectivity index (χ1n) is 10.7. The summed E-state index contributed by atoms with van der Waals surface area (Å²) in [5.41, 5.74) is 3.31. The van der Waals surface area contributed by atoms with E-state index in [4.69, 9.17) is 14.2 Å². The van der Waals surface area contributed by atoms with E-state index >= 15 is 0 Å². The third-order valence-electron chi connectivity index (χ3n) is 5.95. The Kier molecular flexibility index (Phi) is 6.35. The number of benzene rings is 1. The minimum Gasteiger partial charge on any atom is -0.493 e. The van der Waals surface area contributed by atoms with Crippen molar-refractivity contribution in [3.05, 3.63) is 64.6 Å². The highest BCUT2D eigenvalue weighted by atomic mass is 16.5. The van der Waals surface area contributed by atoms with Gasteiger partial charge in [-0.15, -0.1) is 0 Å². The Morgan fingerprint density at radius 1 is 1.09 bits per heavy atom. The number of carbonyl (C=O) groups is 2. The number of Topliss-reactive ketones (excluding diaryl/α,β-unsaturated/α-hetero) is 1. The van der Waals surface area contributed by atoms with Gasteiger partial charge >= 0.3 is 0 Å². The van der Waals surface area contributed by atoms with Crippen LogP contribution in [-0.4, -0.2) is 38.0 Å². The molecule has 1 aromatic heterocycles. The van der Waals surface area contributed by atoms with Gasteiger partial charge in [-0.25, -0.2) is 4.98 Å². The summed E-state index contributed by atoms with van der Waals surface area (Å²) in [6.45, 7) is 1.85. The lowest BCUT2D eigenvalue weighted by molar-refractivity contribution is -0.116. The van der Waals surface area contributed by atoms with Crippen molar-refractivity contribution in [3.63, 3.8) is 0 Å². The number of ketones is 1. The topological polar surface area (TPSA) is 98.8 Å². The molecule has 8 heteroatoms. The average Bonchev–Trinajstić information content (AvgIpc) is 2.82. The highest BCUT2D eigenvalue weighted by molar-refractivity contribution is 6.09. The van der Waals surface area contributed by atoms with Crippen molar-refractivity contribution >= 4 is 17.5 Å². The van der Waals surface area contributed by atoms with Gasteiger partial charge in [0.1, 0.15) is 5.82 Å². The van der Waals surface area contributed by atoms with Gasteiger partial charge in [0.25, 0.3) is 5.91 Å². The molecule has 0 fully saturated rings. The number of amides is 1. The van der Waals surface area contributed by atoms with E-state index in [-0.39, 0.29) is 11.7 Å². The molecule has 0 saturated carbocycles. The zero-order chi connectivity index (χ0) is 23.5. The highest BCUT2D eigenvalue weighted by Gasteiger charge is 2.39. The number of hydrogen-bond acceptors (Lipinski definition) is 7. The van der Waals surface area contributed by atoms with Gasteiger partial charge in [-0.3, -0.25) is 9.59 Å². The molecule has 0 unspecified atom stereocenters. The van der Waals surface area contributed by atoms with Crippen molar-refractivity contribution in [2.45, 2.75) is 32.1 Å². The summed E-state index contributed by atoms with van der Waals surface area (Å²) in [4.78, 5) is 30.8. The Morgan fingerprint density at radius 2 is 1.82 bits per heavy atom. The maximum atomic E-state index is 13.5. The summed E-state index contributed by atoms with van der Waals surface area (Å²) in [7, 11) is 4.61. The van der Waals surface area contributed by atoms with Gasteiger partial charge in [0.05, 0.1) is 21.3 Å². The van der Waals surface area contributed by atoms with Crippen molar-refractivity contribution in [1.29, 1.82) is 0 Å². The molecule has 8 nitrogen and oxygen atoms in total. The summed E-state index contributed by atoms with van der Waals surface area (Å²) >= 11 is 0. The largest absolute Gasteiger partial charge is 0.493 e. The van der Waals surface area contributed by atoms with Crippen molar-refractivity contribution in [2.24, 2.45) is 0 Å². The zero-order valence-electron chi connectivity index (χ0n) is 19.2. The minimum absolute atomic E-state index is 0.0261. The monoisotopic (exact) mass is 449 g/mol. The molecule has 2 aliphatic rings. The first kappa shape index (κ1) is 22.4. The fourth-order valence-electron chi connectivity index (χ4n) is 4.51. The lowest BCUT2D eigenvalue weighted by Crippen LogP contribution is -2.35. The molecule has 0 spiro atoms. The Hall–Kier alpha value is -3.81. The van der Waals surface area contributed by atoms with Crippen molar-refractivity contribution < 1.29 is 23.8 Å². The van der Waals surface area contributed by atoms with Crippen LogP contribution in [0.3, 0.4) is 0 Å². The molecule has 2 heterocycles. The van der Waals surface area contributed by atoms with Crippen molar-refractivity contribution in [1.82, 2.24) is 10.3 Å². The molecule has 33 heavy (non-hydrogen) atoms. The second kappa shape index (κ2) is 9.36. The molecule has 4 rings (SSSR count). The van der Waals surface area contributed by atoms with E-state index < -0.39 is 5.92 Å². The number of nitrogens with one attached hydrogen (secondary N) is 2. The predicted octanol–water partition coefficient (Wildman–Crippen LogP) is 3.71. The minimum atomic E-state index is -0.591. The summed E-state index contributed by atoms with van der Waals surface area (Å²) in [6, 6.07) is 8.88. The number of methoxy groups -OCH3 is 3. The number of rotatable bonds is 6. The van der Waals surface area contributed by atoms with E-state index in [1.165, 1.54) is 21.3 Å². The van der Waals surface area contributed by atoms with Crippen LogP contribution >= 0.6 is 0 Å². The van der Waals surface area contributed by atoms with Crippen LogP contribution in [-0.2, 0) is 9.59 Å². The Labute approximate surface area is 192 Å². The predicted molar refractivity (Wildman–Crippen MR) is 123 cm³/mol. The maximum absolute atomic E-state index is 13.5. The van der Waals surface area contributed by atoms with Crippen LogP contribution in [0, 0.1) is 0 Å². The smallest absolute Gasteiger partial charge is 0.255 e. The van der Waals surface area contributed by atoms with E-state index in [2.05, 4.69) is 15.6 Å². The van der Waals surface area contributed by atoms with Gasteiger partial charge in [-0.1, -0.05) is 6.07 Å². The molecule has 1 aromatic carbocycles. The molecular formula is C25H27N3O5. The summed E-state index contributed by atoms with van der Waals surface area (Å²) in [5, 5.41) is 6.18. The van der Waals surface area contributed by atoms with Crippen LogP contribution in [0.1, 0.15) is 37.7 Å². The number of hydrogen-bond donors (Lipinski definition) is 2. The van der Waals surface area contributed by atoms with Crippen LogP contribution in [0.5, 0.6) is 17.2 Å². The normalized spacial score (nSPS) is 17.8. The van der Waals surface area contributed by atoms with Crippen LogP contribution in [0.25, 0.3) is 0 Å². The van der Waals surface area contributed by atoms with E-state index in [1.54, 1.807) is 36.5 Å². The molecule has 0 radical (unpaired) electrons. The van der Waals surface area contributed by atoms with E-state index in [0.717, 1.165) is 18.5 Å². The fraction of sp³-hybridized carbons (Fsp3) is 0.320. The van der Waals surface area contributed by atoms with Crippen LogP contribution < -0.4 is 24.8 Å². The Morgan fingerprint density at radius 3 is 2.42 bits per heavy atom. The lowest BCUT2D eigenvalue weighted by atomic mass is 9.75. The molecule has 2 N–H and O–H groups in total. The zero-order valence-corrected chi connectivity index (χ0v) is 19.2. The van der Waals surface area contributed by atoms with Gasteiger partial charge in [-0.2, -0.15) is 0 Å². The third kappa shape index (κ3) is 4.16. The first-order valence-corrected chi connectivity index (χ1v) is 10.7. The van der Waals surface area contributed by atoms with Crippen molar-refractivity contribution in [2.75, 3.05) is 26.6 Å². The maximum Gasteiger partial charge on any atom is 0.255 e. The number of aromatic nitrogens is 1. The van der Waals surface area contributed by atoms with Gasteiger partial charge < -0.3 is 24.8 Å². The summed E-state index contributed by atoms with van der Waals surface area (Å²) in [6.07, 6.45) is 3.57. The fourth-order valence-corrected chi connectivity index (χ4v) is 4.51. The molecule has 1 aliphatic heterocycles. The Balaban J connectivity index is 1.88. The van der Waals surface area contributed by atoms with Gasteiger partial charge in [0, 0.05) is 41.1 Å². The molecule has 1 atom stereocenters. The van der Waals surface area contributed by atoms with E-state index in [9.17, 15) is 9.59 Å². The third-order valence-corrected chi connectivity index (χ3v) is 5.95. The number of nitrogens with zero attached hydrogens (tertiary/aromatic N) is 1. The van der Waals surface area contributed by atoms with Gasteiger partial charge in [0.15, 0.2) is 17.3 Å². The molecule has 0 bridgehead atoms.